The second-order valence-corrected chi connectivity index (χ2v) is 7.94. The lowest BCUT2D eigenvalue weighted by Crippen LogP contribution is -2.51. The Balaban J connectivity index is 1.91. The number of nitrogens with zero attached hydrogens (tertiary/aromatic N) is 2. The van der Waals surface area contributed by atoms with E-state index < -0.39 is 12.2 Å². The molecule has 0 aromatic heterocycles. The summed E-state index contributed by atoms with van der Waals surface area (Å²) in [6.07, 6.45) is -0.487. The van der Waals surface area contributed by atoms with Gasteiger partial charge in [0.05, 0.1) is 26.9 Å². The number of anilines is 1. The maximum atomic E-state index is 13.1. The van der Waals surface area contributed by atoms with Crippen molar-refractivity contribution in [3.63, 3.8) is 0 Å². The van der Waals surface area contributed by atoms with Gasteiger partial charge in [-0.15, -0.1) is 5.10 Å². The highest BCUT2D eigenvalue weighted by atomic mass is 32.2. The lowest BCUT2D eigenvalue weighted by Gasteiger charge is -2.44. The number of fused-ring (bicyclic) bond motifs is 3. The third-order valence-electron chi connectivity index (χ3n) is 5.07. The highest BCUT2D eigenvalue weighted by molar-refractivity contribution is 8.13. The third kappa shape index (κ3) is 3.39. The van der Waals surface area contributed by atoms with Gasteiger partial charge in [0.15, 0.2) is 17.4 Å². The van der Waals surface area contributed by atoms with Crippen molar-refractivity contribution in [2.75, 3.05) is 32.4 Å². The Morgan fingerprint density at radius 2 is 1.80 bits per heavy atom. The first-order valence-corrected chi connectivity index (χ1v) is 10.6. The van der Waals surface area contributed by atoms with E-state index in [1.54, 1.807) is 38.5 Å². The Bertz CT molecular complexity index is 972. The highest BCUT2D eigenvalue weighted by Gasteiger charge is 2.43. The molecule has 158 valence electrons. The lowest BCUT2D eigenvalue weighted by atomic mass is 9.96. The fourth-order valence-electron chi connectivity index (χ4n) is 3.76. The zero-order valence-corrected chi connectivity index (χ0v) is 18.1. The number of carbonyl (C=O) groups is 1. The molecule has 9 heteroatoms. The molecule has 0 aliphatic carbocycles. The van der Waals surface area contributed by atoms with Crippen LogP contribution in [0.5, 0.6) is 17.2 Å². The second-order valence-electron chi connectivity index (χ2n) is 6.69. The van der Waals surface area contributed by atoms with Gasteiger partial charge in [-0.1, -0.05) is 36.9 Å². The number of ether oxygens (including phenoxy) is 3. The van der Waals surface area contributed by atoms with Crippen molar-refractivity contribution in [3.8, 4) is 17.2 Å². The average Bonchev–Trinajstić information content (AvgIpc) is 2.77. The van der Waals surface area contributed by atoms with Gasteiger partial charge < -0.3 is 24.8 Å². The van der Waals surface area contributed by atoms with Gasteiger partial charge in [-0.3, -0.25) is 9.80 Å². The topological polar surface area (TPSA) is 84.4 Å². The fourth-order valence-corrected chi connectivity index (χ4v) is 4.36. The molecule has 30 heavy (non-hydrogen) atoms. The molecule has 2 aliphatic rings. The van der Waals surface area contributed by atoms with Gasteiger partial charge in [0.25, 0.3) is 5.91 Å². The van der Waals surface area contributed by atoms with Crippen LogP contribution in [0.1, 0.15) is 30.3 Å². The number of para-hydroxylation sites is 1. The van der Waals surface area contributed by atoms with E-state index in [4.69, 9.17) is 19.3 Å². The van der Waals surface area contributed by atoms with Crippen molar-refractivity contribution in [1.82, 2.24) is 10.3 Å². The number of methoxy groups -OCH3 is 3. The summed E-state index contributed by atoms with van der Waals surface area (Å²) in [4.78, 5) is 13.1. The molecule has 1 amide bonds. The SMILES string of the molecule is CCSC1=NN2[C@H](C(=O)N1)c1ccccc1N[C@H]2c1c(OC)cc(OC)cc1OC. The molecule has 2 N–H and O–H groups in total. The van der Waals surface area contributed by atoms with Gasteiger partial charge in [0, 0.05) is 23.4 Å². The average molecular weight is 429 g/mol. The summed E-state index contributed by atoms with van der Waals surface area (Å²) in [5, 5.41) is 13.6. The molecule has 2 aliphatic heterocycles. The smallest absolute Gasteiger partial charge is 0.255 e. The molecule has 0 bridgehead atoms. The van der Waals surface area contributed by atoms with Crippen LogP contribution in [-0.2, 0) is 4.79 Å². The Morgan fingerprint density at radius 1 is 1.10 bits per heavy atom. The molecular formula is C21H24N4O4S. The number of amidine groups is 1. The monoisotopic (exact) mass is 428 g/mol. The molecule has 4 rings (SSSR count). The van der Waals surface area contributed by atoms with E-state index in [1.807, 2.05) is 31.2 Å². The van der Waals surface area contributed by atoms with Crippen LogP contribution in [0.3, 0.4) is 0 Å². The van der Waals surface area contributed by atoms with Gasteiger partial charge >= 0.3 is 0 Å². The Hall–Kier alpha value is -3.07. The first-order chi connectivity index (χ1) is 14.6. The Labute approximate surface area is 179 Å². The minimum Gasteiger partial charge on any atom is -0.496 e. The summed E-state index contributed by atoms with van der Waals surface area (Å²) in [5.41, 5.74) is 2.46. The van der Waals surface area contributed by atoms with Gasteiger partial charge in [0.1, 0.15) is 17.2 Å². The molecule has 8 nitrogen and oxygen atoms in total. The lowest BCUT2D eigenvalue weighted by molar-refractivity contribution is -0.127. The second kappa shape index (κ2) is 8.35. The Kier molecular flexibility index (Phi) is 5.63. The molecule has 0 unspecified atom stereocenters. The molecular weight excluding hydrogens is 404 g/mol. The molecule has 0 spiro atoms. The minimum atomic E-state index is -0.579. The van der Waals surface area contributed by atoms with Crippen molar-refractivity contribution in [3.05, 3.63) is 47.5 Å². The van der Waals surface area contributed by atoms with Crippen LogP contribution in [0, 0.1) is 0 Å². The predicted octanol–water partition coefficient (Wildman–Crippen LogP) is 3.33. The van der Waals surface area contributed by atoms with Crippen LogP contribution in [0.25, 0.3) is 0 Å². The number of hydrazone groups is 1. The largest absolute Gasteiger partial charge is 0.496 e. The molecule has 2 heterocycles. The van der Waals surface area contributed by atoms with E-state index in [1.165, 1.54) is 11.8 Å². The molecule has 0 fully saturated rings. The summed E-state index contributed by atoms with van der Waals surface area (Å²) in [5.74, 6) is 2.44. The third-order valence-corrected chi connectivity index (χ3v) is 5.81. The van der Waals surface area contributed by atoms with Crippen molar-refractivity contribution >= 4 is 28.5 Å². The van der Waals surface area contributed by atoms with Crippen molar-refractivity contribution in [2.45, 2.75) is 19.1 Å². The van der Waals surface area contributed by atoms with Gasteiger partial charge in [-0.25, -0.2) is 0 Å². The van der Waals surface area contributed by atoms with Crippen molar-refractivity contribution < 1.29 is 19.0 Å². The van der Waals surface area contributed by atoms with Crippen LogP contribution in [0.15, 0.2) is 41.5 Å². The van der Waals surface area contributed by atoms with Gasteiger partial charge in [0.2, 0.25) is 0 Å². The number of thioether (sulfide) groups is 1. The first kappa shape index (κ1) is 20.2. The molecule has 2 aromatic carbocycles. The zero-order chi connectivity index (χ0) is 21.3. The molecule has 0 radical (unpaired) electrons. The fraction of sp³-hybridized carbons (Fsp3) is 0.333. The van der Waals surface area contributed by atoms with Crippen LogP contribution in [-0.4, -0.2) is 43.2 Å². The van der Waals surface area contributed by atoms with Crippen molar-refractivity contribution in [2.24, 2.45) is 5.10 Å². The van der Waals surface area contributed by atoms with Crippen LogP contribution in [0.4, 0.5) is 5.69 Å². The summed E-state index contributed by atoms with van der Waals surface area (Å²) in [6, 6.07) is 10.8. The number of nitrogens with one attached hydrogen (secondary N) is 2. The summed E-state index contributed by atoms with van der Waals surface area (Å²) >= 11 is 1.48. The van der Waals surface area contributed by atoms with E-state index in [0.29, 0.717) is 22.4 Å². The van der Waals surface area contributed by atoms with Gasteiger partial charge in [-0.05, 0) is 11.8 Å². The van der Waals surface area contributed by atoms with Crippen LogP contribution >= 0.6 is 11.8 Å². The standard InChI is InChI=1S/C21H24N4O4S/c1-5-30-21-23-20(26)18-13-8-6-7-9-14(13)22-19(25(18)24-21)17-15(28-3)10-12(27-2)11-16(17)29-4/h6-11,18-19,22H,5H2,1-4H3,(H,23,24,26)/t18-,19+/m0/s1. The Morgan fingerprint density at radius 3 is 2.43 bits per heavy atom. The van der Waals surface area contributed by atoms with E-state index >= 15 is 0 Å². The number of benzene rings is 2. The summed E-state index contributed by atoms with van der Waals surface area (Å²) in [6.45, 7) is 2.02. The van der Waals surface area contributed by atoms with Gasteiger partial charge in [-0.2, -0.15) is 0 Å². The van der Waals surface area contributed by atoms with Crippen LogP contribution < -0.4 is 24.8 Å². The molecule has 0 saturated heterocycles. The predicted molar refractivity (Wildman–Crippen MR) is 117 cm³/mol. The number of rotatable bonds is 5. The summed E-state index contributed by atoms with van der Waals surface area (Å²) in [7, 11) is 4.78. The maximum absolute atomic E-state index is 13.1. The zero-order valence-electron chi connectivity index (χ0n) is 17.3. The van der Waals surface area contributed by atoms with E-state index in [0.717, 1.165) is 22.6 Å². The van der Waals surface area contributed by atoms with E-state index in [-0.39, 0.29) is 5.91 Å². The maximum Gasteiger partial charge on any atom is 0.255 e. The normalized spacial score (nSPS) is 19.7. The first-order valence-electron chi connectivity index (χ1n) is 9.57. The molecule has 2 aromatic rings. The van der Waals surface area contributed by atoms with Crippen molar-refractivity contribution in [1.29, 1.82) is 0 Å². The molecule has 2 atom stereocenters. The highest BCUT2D eigenvalue weighted by Crippen LogP contribution is 2.48. The summed E-state index contributed by atoms with van der Waals surface area (Å²) < 4.78 is 16.7. The number of hydrogen-bond acceptors (Lipinski definition) is 8. The number of amides is 1. The number of hydrogen-bond donors (Lipinski definition) is 2. The van der Waals surface area contributed by atoms with Crippen LogP contribution in [0.2, 0.25) is 0 Å². The van der Waals surface area contributed by atoms with E-state index in [9.17, 15) is 4.79 Å². The quantitative estimate of drug-likeness (QED) is 0.756. The minimum absolute atomic E-state index is 0.119. The molecule has 0 saturated carbocycles. The van der Waals surface area contributed by atoms with E-state index in [2.05, 4.69) is 10.6 Å². The number of carbonyl (C=O) groups excluding carboxylic acids is 1.